The van der Waals surface area contributed by atoms with Crippen molar-refractivity contribution < 1.29 is 4.74 Å². The van der Waals surface area contributed by atoms with Gasteiger partial charge in [-0.2, -0.15) is 0 Å². The first-order valence-corrected chi connectivity index (χ1v) is 5.96. The summed E-state index contributed by atoms with van der Waals surface area (Å²) in [7, 11) is 0. The molecule has 2 aliphatic carbocycles. The Morgan fingerprint density at radius 3 is 2.36 bits per heavy atom. The second kappa shape index (κ2) is 4.06. The van der Waals surface area contributed by atoms with Crippen molar-refractivity contribution in [2.75, 3.05) is 6.61 Å². The van der Waals surface area contributed by atoms with Crippen LogP contribution in [0.4, 0.5) is 0 Å². The highest BCUT2D eigenvalue weighted by molar-refractivity contribution is 4.98. The fraction of sp³-hybridized carbons (Fsp3) is 0.846. The van der Waals surface area contributed by atoms with E-state index in [0.717, 1.165) is 30.3 Å². The second-order valence-corrected chi connectivity index (χ2v) is 5.04. The number of hydrogen-bond donors (Lipinski definition) is 0. The minimum atomic E-state index is 0.547. The molecule has 2 saturated carbocycles. The maximum atomic E-state index is 5.74. The summed E-state index contributed by atoms with van der Waals surface area (Å²) >= 11 is 0. The molecule has 1 nitrogen and oxygen atoms in total. The molecule has 0 amide bonds. The molecule has 0 aromatic heterocycles. The van der Waals surface area contributed by atoms with Crippen LogP contribution in [0.5, 0.6) is 0 Å². The summed E-state index contributed by atoms with van der Waals surface area (Å²) in [5, 5.41) is 0. The predicted molar refractivity (Wildman–Crippen MR) is 59.1 cm³/mol. The molecule has 0 radical (unpaired) electrons. The van der Waals surface area contributed by atoms with E-state index in [1.165, 1.54) is 25.7 Å². The Labute approximate surface area is 87.5 Å². The predicted octanol–water partition coefficient (Wildman–Crippen LogP) is 3.26. The Morgan fingerprint density at radius 1 is 1.00 bits per heavy atom. The van der Waals surface area contributed by atoms with Gasteiger partial charge in [-0.25, -0.2) is 0 Å². The lowest BCUT2D eigenvalue weighted by Gasteiger charge is -2.37. The fourth-order valence-electron chi connectivity index (χ4n) is 3.88. The van der Waals surface area contributed by atoms with Crippen LogP contribution in [-0.4, -0.2) is 12.7 Å². The van der Waals surface area contributed by atoms with Crippen molar-refractivity contribution in [3.05, 3.63) is 13.2 Å². The van der Waals surface area contributed by atoms with Crippen LogP contribution in [0.25, 0.3) is 0 Å². The molecule has 3 aliphatic rings. The van der Waals surface area contributed by atoms with Gasteiger partial charge in [0.15, 0.2) is 0 Å². The summed E-state index contributed by atoms with van der Waals surface area (Å²) in [5.74, 6) is 4.14. The highest BCUT2D eigenvalue weighted by Gasteiger charge is 2.49. The first-order valence-electron chi connectivity index (χ1n) is 5.96. The lowest BCUT2D eigenvalue weighted by Crippen LogP contribution is -2.35. The minimum absolute atomic E-state index is 0.547. The van der Waals surface area contributed by atoms with E-state index >= 15 is 0 Å². The van der Waals surface area contributed by atoms with Crippen molar-refractivity contribution in [1.29, 1.82) is 0 Å². The van der Waals surface area contributed by atoms with Gasteiger partial charge in [-0.15, -0.1) is 13.2 Å². The van der Waals surface area contributed by atoms with Crippen LogP contribution in [0.2, 0.25) is 0 Å². The van der Waals surface area contributed by atoms with Crippen LogP contribution >= 0.6 is 0 Å². The molecule has 5 atom stereocenters. The highest BCUT2D eigenvalue weighted by Crippen LogP contribution is 2.55. The van der Waals surface area contributed by atoms with E-state index < -0.39 is 0 Å². The summed E-state index contributed by atoms with van der Waals surface area (Å²) in [4.78, 5) is 0. The molecule has 3 fully saturated rings. The van der Waals surface area contributed by atoms with Crippen molar-refractivity contribution in [2.24, 2.45) is 23.7 Å². The minimum Gasteiger partial charge on any atom is -0.378 e. The van der Waals surface area contributed by atoms with E-state index in [9.17, 15) is 0 Å². The summed E-state index contributed by atoms with van der Waals surface area (Å²) in [6, 6.07) is 0. The van der Waals surface area contributed by atoms with E-state index in [1.54, 1.807) is 0 Å². The van der Waals surface area contributed by atoms with Crippen LogP contribution in [0.3, 0.4) is 0 Å². The van der Waals surface area contributed by atoms with Crippen LogP contribution in [0.1, 0.15) is 32.6 Å². The van der Waals surface area contributed by atoms with Crippen LogP contribution < -0.4 is 0 Å². The summed E-state index contributed by atoms with van der Waals surface area (Å²) in [6.07, 6.45) is 6.46. The maximum Gasteiger partial charge on any atom is 0.0550 e. The fourth-order valence-corrected chi connectivity index (χ4v) is 3.88. The Kier molecular flexibility index (Phi) is 2.96. The smallest absolute Gasteiger partial charge is 0.0550 e. The lowest BCUT2D eigenvalue weighted by molar-refractivity contribution is -0.0544. The average Bonchev–Trinajstić information content (AvgIpc) is 2.81. The van der Waals surface area contributed by atoms with Crippen molar-refractivity contribution in [1.82, 2.24) is 0 Å². The second-order valence-electron chi connectivity index (χ2n) is 5.04. The van der Waals surface area contributed by atoms with Gasteiger partial charge >= 0.3 is 0 Å². The zero-order chi connectivity index (χ0) is 10.1. The first-order chi connectivity index (χ1) is 6.84. The van der Waals surface area contributed by atoms with Gasteiger partial charge in [0.25, 0.3) is 0 Å². The monoisotopic (exact) mass is 194 g/mol. The molecule has 1 heteroatoms. The third-order valence-electron chi connectivity index (χ3n) is 4.45. The average molecular weight is 194 g/mol. The van der Waals surface area contributed by atoms with Gasteiger partial charge in [0.05, 0.1) is 12.7 Å². The zero-order valence-corrected chi connectivity index (χ0v) is 9.24. The number of rotatable bonds is 0. The van der Waals surface area contributed by atoms with E-state index in [0.29, 0.717) is 6.10 Å². The van der Waals surface area contributed by atoms with Gasteiger partial charge < -0.3 is 4.74 Å². The van der Waals surface area contributed by atoms with Crippen molar-refractivity contribution in [2.45, 2.75) is 38.7 Å². The van der Waals surface area contributed by atoms with Crippen LogP contribution in [-0.2, 0) is 4.74 Å². The largest absolute Gasteiger partial charge is 0.378 e. The molecule has 2 bridgehead atoms. The molecule has 80 valence electrons. The van der Waals surface area contributed by atoms with E-state index in [4.69, 9.17) is 4.74 Å². The van der Waals surface area contributed by atoms with E-state index in [-0.39, 0.29) is 0 Å². The van der Waals surface area contributed by atoms with Crippen LogP contribution in [0, 0.1) is 23.7 Å². The zero-order valence-electron chi connectivity index (χ0n) is 9.24. The highest BCUT2D eigenvalue weighted by atomic mass is 16.5. The van der Waals surface area contributed by atoms with Gasteiger partial charge in [0.2, 0.25) is 0 Å². The summed E-state index contributed by atoms with van der Waals surface area (Å²) in [6.45, 7) is 9.31. The van der Waals surface area contributed by atoms with Crippen molar-refractivity contribution in [3.8, 4) is 0 Å². The molecular weight excluding hydrogens is 172 g/mol. The third-order valence-corrected chi connectivity index (χ3v) is 4.45. The van der Waals surface area contributed by atoms with E-state index in [2.05, 4.69) is 20.1 Å². The quantitative estimate of drug-likeness (QED) is 0.538. The normalized spacial score (nSPS) is 49.4. The third kappa shape index (κ3) is 1.52. The number of hydrogen-bond acceptors (Lipinski definition) is 1. The molecule has 0 aromatic carbocycles. The Balaban J connectivity index is 0.000000354. The first kappa shape index (κ1) is 10.2. The van der Waals surface area contributed by atoms with Crippen molar-refractivity contribution >= 4 is 0 Å². The van der Waals surface area contributed by atoms with E-state index in [1.807, 2.05) is 0 Å². The lowest BCUT2D eigenvalue weighted by atomic mass is 9.75. The van der Waals surface area contributed by atoms with Crippen molar-refractivity contribution in [3.63, 3.8) is 0 Å². The molecule has 1 aliphatic heterocycles. The summed E-state index contributed by atoms with van der Waals surface area (Å²) < 4.78 is 5.74. The van der Waals surface area contributed by atoms with Gasteiger partial charge in [0, 0.05) is 0 Å². The SMILES string of the molecule is C=C.CC1CC2C3CCC(C3)C2CO1. The Hall–Kier alpha value is -0.300. The number of fused-ring (bicyclic) bond motifs is 5. The number of ether oxygens (including phenoxy) is 1. The molecule has 1 saturated heterocycles. The molecule has 0 N–H and O–H groups in total. The topological polar surface area (TPSA) is 9.23 Å². The molecule has 1 heterocycles. The van der Waals surface area contributed by atoms with Gasteiger partial charge in [0.1, 0.15) is 0 Å². The van der Waals surface area contributed by atoms with Gasteiger partial charge in [-0.3, -0.25) is 0 Å². The molecular formula is C13H22O. The standard InChI is InChI=1S/C11H18O.C2H4/c1-7-4-10-8-2-3-9(5-8)11(10)6-12-7;1-2/h7-11H,2-6H2,1H3;1-2H2. The Bertz CT molecular complexity index is 201. The Morgan fingerprint density at radius 2 is 1.64 bits per heavy atom. The summed E-state index contributed by atoms with van der Waals surface area (Å²) in [5.41, 5.74) is 0. The molecule has 14 heavy (non-hydrogen) atoms. The maximum absolute atomic E-state index is 5.74. The van der Waals surface area contributed by atoms with Gasteiger partial charge in [-0.1, -0.05) is 0 Å². The van der Waals surface area contributed by atoms with Crippen LogP contribution in [0.15, 0.2) is 13.2 Å². The molecule has 0 spiro atoms. The van der Waals surface area contributed by atoms with Gasteiger partial charge in [-0.05, 0) is 56.3 Å². The molecule has 3 rings (SSSR count). The molecule has 0 aromatic rings. The molecule has 5 unspecified atom stereocenters.